The van der Waals surface area contributed by atoms with Crippen LogP contribution in [0.25, 0.3) is 0 Å². The summed E-state index contributed by atoms with van der Waals surface area (Å²) in [7, 11) is 3.94. The molecule has 112 valence electrons. The van der Waals surface area contributed by atoms with E-state index in [1.807, 2.05) is 32.0 Å². The van der Waals surface area contributed by atoms with Gasteiger partial charge in [0.15, 0.2) is 11.6 Å². The van der Waals surface area contributed by atoms with Gasteiger partial charge in [0.25, 0.3) is 0 Å². The van der Waals surface area contributed by atoms with Crippen LogP contribution in [0.2, 0.25) is 0 Å². The van der Waals surface area contributed by atoms with Crippen LogP contribution in [0, 0.1) is 6.92 Å². The quantitative estimate of drug-likeness (QED) is 0.914. The summed E-state index contributed by atoms with van der Waals surface area (Å²) >= 11 is 0. The largest absolute Gasteiger partial charge is 0.361 e. The third kappa shape index (κ3) is 3.02. The van der Waals surface area contributed by atoms with Crippen molar-refractivity contribution >= 4 is 5.82 Å². The molecule has 0 spiro atoms. The van der Waals surface area contributed by atoms with Gasteiger partial charge in [-0.3, -0.25) is 10.00 Å². The third-order valence-electron chi connectivity index (χ3n) is 3.82. The van der Waals surface area contributed by atoms with Crippen molar-refractivity contribution in [3.8, 4) is 0 Å². The smallest absolute Gasteiger partial charge is 0.164 e. The van der Waals surface area contributed by atoms with E-state index in [2.05, 4.69) is 36.3 Å². The lowest BCUT2D eigenvalue weighted by Gasteiger charge is -2.22. The first-order chi connectivity index (χ1) is 10.1. The highest BCUT2D eigenvalue weighted by atomic mass is 15.3. The first-order valence-corrected chi connectivity index (χ1v) is 7.26. The van der Waals surface area contributed by atoms with Gasteiger partial charge >= 0.3 is 0 Å². The van der Waals surface area contributed by atoms with Crippen molar-refractivity contribution in [3.63, 3.8) is 0 Å². The number of aryl methyl sites for hydroxylation is 1. The Hall–Kier alpha value is -2.02. The number of rotatable bonds is 4. The molecule has 7 nitrogen and oxygen atoms in total. The van der Waals surface area contributed by atoms with Gasteiger partial charge < -0.3 is 4.90 Å². The fraction of sp³-hybridized carbons (Fsp3) is 0.571. The van der Waals surface area contributed by atoms with Crippen LogP contribution in [0.3, 0.4) is 0 Å². The molecule has 0 bridgehead atoms. The summed E-state index contributed by atoms with van der Waals surface area (Å²) in [6, 6.07) is 4.41. The monoisotopic (exact) mass is 287 g/mol. The molecule has 1 aliphatic rings. The molecule has 0 saturated carbocycles. The Bertz CT molecular complexity index is 590. The number of anilines is 1. The van der Waals surface area contributed by atoms with Crippen molar-refractivity contribution in [1.82, 2.24) is 30.3 Å². The minimum absolute atomic E-state index is 0.313. The molecule has 0 aliphatic carbocycles. The lowest BCUT2D eigenvalue weighted by atomic mass is 10.1. The number of likely N-dealkylation sites (tertiary alicyclic amines) is 1. The first kappa shape index (κ1) is 13.9. The van der Waals surface area contributed by atoms with Gasteiger partial charge in [-0.25, -0.2) is 4.98 Å². The zero-order valence-electron chi connectivity index (χ0n) is 12.7. The average molecular weight is 287 g/mol. The number of nitrogens with zero attached hydrogens (tertiary/aromatic N) is 6. The Morgan fingerprint density at radius 1 is 1.33 bits per heavy atom. The van der Waals surface area contributed by atoms with Gasteiger partial charge in [0.1, 0.15) is 5.82 Å². The standard InChI is InChI=1S/C14H21N7/c1-10-15-13(18-16-10)9-21-8-4-5-12(21)11-6-7-14(19-17-11)20(2)3/h6-7,12H,4-5,8-9H2,1-3H3,(H,15,16,18). The molecular formula is C14H21N7. The highest BCUT2D eigenvalue weighted by Gasteiger charge is 2.28. The van der Waals surface area contributed by atoms with Gasteiger partial charge in [-0.1, -0.05) is 0 Å². The van der Waals surface area contributed by atoms with E-state index in [1.165, 1.54) is 6.42 Å². The molecule has 1 saturated heterocycles. The predicted octanol–water partition coefficient (Wildman–Crippen LogP) is 1.31. The van der Waals surface area contributed by atoms with Gasteiger partial charge in [0, 0.05) is 14.1 Å². The lowest BCUT2D eigenvalue weighted by Crippen LogP contribution is -2.24. The molecule has 2 aromatic rings. The zero-order valence-corrected chi connectivity index (χ0v) is 12.7. The minimum atomic E-state index is 0.313. The van der Waals surface area contributed by atoms with Crippen LogP contribution in [-0.2, 0) is 6.54 Å². The van der Waals surface area contributed by atoms with Gasteiger partial charge in [0.05, 0.1) is 18.3 Å². The highest BCUT2D eigenvalue weighted by Crippen LogP contribution is 2.31. The number of aromatic amines is 1. The molecule has 21 heavy (non-hydrogen) atoms. The van der Waals surface area contributed by atoms with Gasteiger partial charge in [0.2, 0.25) is 0 Å². The molecule has 1 unspecified atom stereocenters. The predicted molar refractivity (Wildman–Crippen MR) is 79.9 cm³/mol. The number of nitrogens with one attached hydrogen (secondary N) is 1. The maximum absolute atomic E-state index is 4.40. The second-order valence-corrected chi connectivity index (χ2v) is 5.68. The number of aromatic nitrogens is 5. The van der Waals surface area contributed by atoms with E-state index in [1.54, 1.807) is 0 Å². The fourth-order valence-corrected chi connectivity index (χ4v) is 2.74. The van der Waals surface area contributed by atoms with E-state index in [-0.39, 0.29) is 0 Å². The Morgan fingerprint density at radius 2 is 2.19 bits per heavy atom. The average Bonchev–Trinajstić information content (AvgIpc) is 3.09. The maximum atomic E-state index is 4.40. The Labute approximate surface area is 124 Å². The van der Waals surface area contributed by atoms with E-state index < -0.39 is 0 Å². The fourth-order valence-electron chi connectivity index (χ4n) is 2.74. The van der Waals surface area contributed by atoms with Crippen LogP contribution >= 0.6 is 0 Å². The van der Waals surface area contributed by atoms with E-state index in [9.17, 15) is 0 Å². The van der Waals surface area contributed by atoms with Crippen molar-refractivity contribution in [1.29, 1.82) is 0 Å². The molecular weight excluding hydrogens is 266 g/mol. The van der Waals surface area contributed by atoms with Crippen LogP contribution < -0.4 is 4.90 Å². The molecule has 1 N–H and O–H groups in total. The molecule has 1 atom stereocenters. The van der Waals surface area contributed by atoms with Crippen LogP contribution in [-0.4, -0.2) is 50.9 Å². The van der Waals surface area contributed by atoms with Crippen LogP contribution in [0.4, 0.5) is 5.82 Å². The second-order valence-electron chi connectivity index (χ2n) is 5.68. The van der Waals surface area contributed by atoms with Crippen LogP contribution in [0.15, 0.2) is 12.1 Å². The molecule has 3 heterocycles. The molecule has 7 heteroatoms. The number of hydrogen-bond acceptors (Lipinski definition) is 6. The summed E-state index contributed by atoms with van der Waals surface area (Å²) in [6.07, 6.45) is 2.28. The summed E-state index contributed by atoms with van der Waals surface area (Å²) in [6.45, 7) is 3.73. The van der Waals surface area contributed by atoms with E-state index in [4.69, 9.17) is 0 Å². The number of H-pyrrole nitrogens is 1. The normalized spacial score (nSPS) is 19.1. The van der Waals surface area contributed by atoms with Crippen LogP contribution in [0.1, 0.15) is 36.2 Å². The molecule has 1 aliphatic heterocycles. The summed E-state index contributed by atoms with van der Waals surface area (Å²) in [5.74, 6) is 2.58. The van der Waals surface area contributed by atoms with Gasteiger partial charge in [-0.2, -0.15) is 10.2 Å². The van der Waals surface area contributed by atoms with Crippen molar-refractivity contribution in [2.45, 2.75) is 32.4 Å². The van der Waals surface area contributed by atoms with Crippen molar-refractivity contribution in [2.75, 3.05) is 25.5 Å². The van der Waals surface area contributed by atoms with E-state index in [0.29, 0.717) is 6.04 Å². The minimum Gasteiger partial charge on any atom is -0.361 e. The maximum Gasteiger partial charge on any atom is 0.164 e. The Morgan fingerprint density at radius 3 is 2.81 bits per heavy atom. The second kappa shape index (κ2) is 5.77. The van der Waals surface area contributed by atoms with E-state index in [0.717, 1.165) is 42.7 Å². The topological polar surface area (TPSA) is 73.8 Å². The number of hydrogen-bond donors (Lipinski definition) is 1. The molecule has 0 amide bonds. The highest BCUT2D eigenvalue weighted by molar-refractivity contribution is 5.35. The van der Waals surface area contributed by atoms with Crippen LogP contribution in [0.5, 0.6) is 0 Å². The Balaban J connectivity index is 1.74. The van der Waals surface area contributed by atoms with Crippen molar-refractivity contribution in [2.24, 2.45) is 0 Å². The Kier molecular flexibility index (Phi) is 3.83. The molecule has 1 fully saturated rings. The summed E-state index contributed by atoms with van der Waals surface area (Å²) in [4.78, 5) is 8.72. The van der Waals surface area contributed by atoms with Gasteiger partial charge in [-0.15, -0.1) is 5.10 Å². The molecule has 0 radical (unpaired) electrons. The summed E-state index contributed by atoms with van der Waals surface area (Å²) in [5.41, 5.74) is 1.03. The first-order valence-electron chi connectivity index (χ1n) is 7.26. The van der Waals surface area contributed by atoms with E-state index >= 15 is 0 Å². The van der Waals surface area contributed by atoms with Crippen molar-refractivity contribution < 1.29 is 0 Å². The van der Waals surface area contributed by atoms with Gasteiger partial charge in [-0.05, 0) is 38.4 Å². The lowest BCUT2D eigenvalue weighted by molar-refractivity contribution is 0.237. The zero-order chi connectivity index (χ0) is 14.8. The molecule has 2 aromatic heterocycles. The van der Waals surface area contributed by atoms with Crippen molar-refractivity contribution in [3.05, 3.63) is 29.5 Å². The summed E-state index contributed by atoms with van der Waals surface area (Å²) in [5, 5.41) is 15.8. The SMILES string of the molecule is Cc1nc(CN2CCCC2c2ccc(N(C)C)nn2)n[nH]1. The molecule has 0 aromatic carbocycles. The summed E-state index contributed by atoms with van der Waals surface area (Å²) < 4.78 is 0. The third-order valence-corrected chi connectivity index (χ3v) is 3.82. The molecule has 3 rings (SSSR count).